The summed E-state index contributed by atoms with van der Waals surface area (Å²) in [6, 6.07) is 5.29. The Kier molecular flexibility index (Phi) is 2.53. The van der Waals surface area contributed by atoms with Gasteiger partial charge < -0.3 is 19.8 Å². The van der Waals surface area contributed by atoms with E-state index in [9.17, 15) is 9.59 Å². The fourth-order valence-electron chi connectivity index (χ4n) is 2.38. The van der Waals surface area contributed by atoms with Gasteiger partial charge >= 0.3 is 11.9 Å². The molecule has 6 nitrogen and oxygen atoms in total. The van der Waals surface area contributed by atoms with Crippen LogP contribution in [0.4, 0.5) is 0 Å². The SMILES string of the molecule is Cn1c2c(CCN)c3c(cccc31)OC(=O)C(=O)O2. The van der Waals surface area contributed by atoms with Crippen LogP contribution in [0.5, 0.6) is 11.6 Å². The Labute approximate surface area is 108 Å². The van der Waals surface area contributed by atoms with Crippen LogP contribution in [0.3, 0.4) is 0 Å². The van der Waals surface area contributed by atoms with Gasteiger partial charge in [-0.15, -0.1) is 0 Å². The van der Waals surface area contributed by atoms with Crippen molar-refractivity contribution in [1.82, 2.24) is 4.57 Å². The van der Waals surface area contributed by atoms with Gasteiger partial charge in [0.25, 0.3) is 0 Å². The van der Waals surface area contributed by atoms with E-state index < -0.39 is 11.9 Å². The Morgan fingerprint density at radius 2 is 1.95 bits per heavy atom. The van der Waals surface area contributed by atoms with Crippen molar-refractivity contribution in [3.8, 4) is 11.6 Å². The third-order valence-corrected chi connectivity index (χ3v) is 3.18. The van der Waals surface area contributed by atoms with Crippen molar-refractivity contribution in [3.05, 3.63) is 23.8 Å². The zero-order valence-corrected chi connectivity index (χ0v) is 10.3. The van der Waals surface area contributed by atoms with Gasteiger partial charge in [-0.3, -0.25) is 0 Å². The molecule has 6 heteroatoms. The maximum absolute atomic E-state index is 11.6. The smallest absolute Gasteiger partial charge is 0.417 e. The van der Waals surface area contributed by atoms with E-state index in [1.165, 1.54) is 0 Å². The van der Waals surface area contributed by atoms with Crippen molar-refractivity contribution in [3.63, 3.8) is 0 Å². The third kappa shape index (κ3) is 1.61. The summed E-state index contributed by atoms with van der Waals surface area (Å²) < 4.78 is 11.9. The Hall–Kier alpha value is -2.34. The molecule has 0 atom stereocenters. The van der Waals surface area contributed by atoms with E-state index in [0.29, 0.717) is 24.6 Å². The summed E-state index contributed by atoms with van der Waals surface area (Å²) in [6.07, 6.45) is 0.536. The van der Waals surface area contributed by atoms with Crippen LogP contribution in [0.2, 0.25) is 0 Å². The Morgan fingerprint density at radius 3 is 2.68 bits per heavy atom. The second kappa shape index (κ2) is 4.10. The predicted octanol–water partition coefficient (Wildman–Crippen LogP) is 0.504. The average molecular weight is 260 g/mol. The first-order chi connectivity index (χ1) is 9.13. The topological polar surface area (TPSA) is 83.5 Å². The monoisotopic (exact) mass is 260 g/mol. The molecule has 2 heterocycles. The molecule has 2 aromatic rings. The molecule has 0 amide bonds. The van der Waals surface area contributed by atoms with Crippen molar-refractivity contribution in [2.45, 2.75) is 6.42 Å². The molecule has 19 heavy (non-hydrogen) atoms. The molecule has 0 fully saturated rings. The number of carbonyl (C=O) groups excluding carboxylic acids is 2. The summed E-state index contributed by atoms with van der Waals surface area (Å²) in [7, 11) is 1.77. The van der Waals surface area contributed by atoms with Crippen LogP contribution in [-0.2, 0) is 23.1 Å². The predicted molar refractivity (Wildman–Crippen MR) is 66.9 cm³/mol. The lowest BCUT2D eigenvalue weighted by Gasteiger charge is -2.11. The number of nitrogens with zero attached hydrogens (tertiary/aromatic N) is 1. The van der Waals surface area contributed by atoms with Gasteiger partial charge in [0.05, 0.1) is 5.52 Å². The molecule has 2 N–H and O–H groups in total. The van der Waals surface area contributed by atoms with E-state index in [4.69, 9.17) is 15.2 Å². The summed E-state index contributed by atoms with van der Waals surface area (Å²) >= 11 is 0. The van der Waals surface area contributed by atoms with Gasteiger partial charge in [0.15, 0.2) is 0 Å². The number of carbonyl (C=O) groups is 2. The average Bonchev–Trinajstić information content (AvgIpc) is 2.65. The maximum atomic E-state index is 11.6. The second-order valence-corrected chi connectivity index (χ2v) is 4.31. The number of ether oxygens (including phenoxy) is 2. The molecule has 1 aliphatic rings. The highest BCUT2D eigenvalue weighted by molar-refractivity contribution is 6.31. The summed E-state index contributed by atoms with van der Waals surface area (Å²) in [5.41, 5.74) is 7.22. The zero-order chi connectivity index (χ0) is 13.6. The number of esters is 2. The first-order valence-corrected chi connectivity index (χ1v) is 5.87. The second-order valence-electron chi connectivity index (χ2n) is 4.31. The molecule has 1 aromatic heterocycles. The molecular formula is C13H12N2O4. The molecular weight excluding hydrogens is 248 g/mol. The van der Waals surface area contributed by atoms with Crippen molar-refractivity contribution < 1.29 is 19.1 Å². The summed E-state index contributed by atoms with van der Waals surface area (Å²) in [5.74, 6) is -1.32. The number of hydrogen-bond acceptors (Lipinski definition) is 5. The van der Waals surface area contributed by atoms with E-state index in [1.54, 1.807) is 23.7 Å². The summed E-state index contributed by atoms with van der Waals surface area (Å²) in [4.78, 5) is 23.1. The highest BCUT2D eigenvalue weighted by Gasteiger charge is 2.29. The van der Waals surface area contributed by atoms with Crippen molar-refractivity contribution in [1.29, 1.82) is 0 Å². The number of nitrogens with two attached hydrogens (primary N) is 1. The Bertz CT molecular complexity index is 702. The van der Waals surface area contributed by atoms with Crippen molar-refractivity contribution in [2.75, 3.05) is 6.54 Å². The number of benzene rings is 1. The van der Waals surface area contributed by atoms with E-state index in [-0.39, 0.29) is 0 Å². The standard InChI is InChI=1S/C13H12N2O4/c1-15-8-3-2-4-9-10(8)7(5-6-14)11(15)19-13(17)12(16)18-9/h2-4H,5-6,14H2,1H3. The van der Waals surface area contributed by atoms with Gasteiger partial charge in [0, 0.05) is 18.0 Å². The maximum Gasteiger partial charge on any atom is 0.424 e. The molecule has 0 saturated carbocycles. The molecule has 2 bridgehead atoms. The van der Waals surface area contributed by atoms with Crippen LogP contribution in [-0.4, -0.2) is 23.1 Å². The number of aromatic nitrogens is 1. The number of rotatable bonds is 2. The number of hydrogen-bond donors (Lipinski definition) is 1. The molecule has 1 aliphatic heterocycles. The normalized spacial score (nSPS) is 14.2. The molecule has 3 rings (SSSR count). The minimum absolute atomic E-state index is 0.356. The molecule has 0 saturated heterocycles. The molecule has 0 unspecified atom stereocenters. The fraction of sp³-hybridized carbons (Fsp3) is 0.231. The van der Waals surface area contributed by atoms with Crippen LogP contribution in [0.15, 0.2) is 18.2 Å². The summed E-state index contributed by atoms with van der Waals surface area (Å²) in [6.45, 7) is 0.409. The lowest BCUT2D eigenvalue weighted by Crippen LogP contribution is -2.27. The van der Waals surface area contributed by atoms with Gasteiger partial charge in [-0.1, -0.05) is 6.07 Å². The largest absolute Gasteiger partial charge is 0.424 e. The zero-order valence-electron chi connectivity index (χ0n) is 10.3. The minimum Gasteiger partial charge on any atom is -0.417 e. The number of fused-ring (bicyclic) bond motifs is 1. The van der Waals surface area contributed by atoms with Gasteiger partial charge in [-0.2, -0.15) is 0 Å². The first-order valence-electron chi connectivity index (χ1n) is 5.87. The Morgan fingerprint density at radius 1 is 1.21 bits per heavy atom. The minimum atomic E-state index is -1.02. The molecule has 98 valence electrons. The quantitative estimate of drug-likeness (QED) is 0.483. The van der Waals surface area contributed by atoms with Gasteiger partial charge in [0.2, 0.25) is 5.88 Å². The fourth-order valence-corrected chi connectivity index (χ4v) is 2.38. The Balaban J connectivity index is 2.39. The lowest BCUT2D eigenvalue weighted by molar-refractivity contribution is -0.156. The third-order valence-electron chi connectivity index (χ3n) is 3.18. The van der Waals surface area contributed by atoms with Crippen LogP contribution in [0.25, 0.3) is 10.9 Å². The highest BCUT2D eigenvalue weighted by atomic mass is 16.6. The van der Waals surface area contributed by atoms with E-state index in [0.717, 1.165) is 16.5 Å². The van der Waals surface area contributed by atoms with Crippen LogP contribution in [0.1, 0.15) is 5.56 Å². The van der Waals surface area contributed by atoms with Gasteiger partial charge in [-0.25, -0.2) is 9.59 Å². The van der Waals surface area contributed by atoms with Gasteiger partial charge in [0.1, 0.15) is 5.75 Å². The first kappa shape index (κ1) is 11.7. The molecule has 0 spiro atoms. The summed E-state index contributed by atoms with van der Waals surface area (Å²) in [5, 5.41) is 0.770. The highest BCUT2D eigenvalue weighted by Crippen LogP contribution is 2.38. The van der Waals surface area contributed by atoms with Crippen LogP contribution in [0, 0.1) is 0 Å². The van der Waals surface area contributed by atoms with Gasteiger partial charge in [-0.05, 0) is 25.1 Å². The molecule has 0 aliphatic carbocycles. The van der Waals surface area contributed by atoms with E-state index in [2.05, 4.69) is 0 Å². The van der Waals surface area contributed by atoms with E-state index >= 15 is 0 Å². The molecule has 1 aromatic carbocycles. The van der Waals surface area contributed by atoms with Crippen molar-refractivity contribution in [2.24, 2.45) is 12.8 Å². The number of aryl methyl sites for hydroxylation is 1. The van der Waals surface area contributed by atoms with Crippen molar-refractivity contribution >= 4 is 22.8 Å². The lowest BCUT2D eigenvalue weighted by atomic mass is 10.1. The van der Waals surface area contributed by atoms with E-state index in [1.807, 2.05) is 6.07 Å². The van der Waals surface area contributed by atoms with Crippen LogP contribution >= 0.6 is 0 Å². The molecule has 0 radical (unpaired) electrons. The van der Waals surface area contributed by atoms with Crippen LogP contribution < -0.4 is 15.2 Å².